The third kappa shape index (κ3) is 2.19. The molecule has 4 heteroatoms. The first kappa shape index (κ1) is 12.2. The van der Waals surface area contributed by atoms with E-state index in [-0.39, 0.29) is 5.78 Å². The minimum absolute atomic E-state index is 0.0985. The predicted octanol–water partition coefficient (Wildman–Crippen LogP) is 2.69. The smallest absolute Gasteiger partial charge is 0.211 e. The Kier molecular flexibility index (Phi) is 3.05. The quantitative estimate of drug-likeness (QED) is 0.583. The highest BCUT2D eigenvalue weighted by Gasteiger charge is 2.15. The summed E-state index contributed by atoms with van der Waals surface area (Å²) in [5.74, 6) is -0.0985. The zero-order valence-corrected chi connectivity index (χ0v) is 10.7. The SMILES string of the molecule is Nc1cccc(C(=O)c2ccnn2-c2ccccc2)c1. The second-order valence-electron chi connectivity index (χ2n) is 4.42. The first-order valence-electron chi connectivity index (χ1n) is 6.25. The Hall–Kier alpha value is -2.88. The molecule has 0 amide bonds. The van der Waals surface area contributed by atoms with Gasteiger partial charge in [0.2, 0.25) is 5.78 Å². The van der Waals surface area contributed by atoms with E-state index in [9.17, 15) is 4.79 Å². The van der Waals surface area contributed by atoms with Crippen LogP contribution in [0.25, 0.3) is 5.69 Å². The summed E-state index contributed by atoms with van der Waals surface area (Å²) in [6.45, 7) is 0. The van der Waals surface area contributed by atoms with Gasteiger partial charge in [-0.25, -0.2) is 4.68 Å². The second kappa shape index (κ2) is 5.01. The Labute approximate surface area is 116 Å². The van der Waals surface area contributed by atoms with Gasteiger partial charge in [-0.15, -0.1) is 0 Å². The van der Waals surface area contributed by atoms with E-state index in [2.05, 4.69) is 5.10 Å². The second-order valence-corrected chi connectivity index (χ2v) is 4.42. The topological polar surface area (TPSA) is 60.9 Å². The average Bonchev–Trinajstić information content (AvgIpc) is 2.97. The van der Waals surface area contributed by atoms with E-state index in [1.54, 1.807) is 41.2 Å². The van der Waals surface area contributed by atoms with E-state index in [1.807, 2.05) is 30.3 Å². The highest BCUT2D eigenvalue weighted by atomic mass is 16.1. The molecule has 2 aromatic carbocycles. The molecule has 0 radical (unpaired) electrons. The third-order valence-corrected chi connectivity index (χ3v) is 3.02. The molecule has 3 aromatic rings. The summed E-state index contributed by atoms with van der Waals surface area (Å²) >= 11 is 0. The number of carbonyl (C=O) groups is 1. The van der Waals surface area contributed by atoms with Crippen LogP contribution in [0.5, 0.6) is 0 Å². The van der Waals surface area contributed by atoms with Gasteiger partial charge < -0.3 is 5.73 Å². The molecule has 0 aliphatic carbocycles. The fourth-order valence-corrected chi connectivity index (χ4v) is 2.08. The van der Waals surface area contributed by atoms with Crippen molar-refractivity contribution >= 4 is 11.5 Å². The van der Waals surface area contributed by atoms with Crippen LogP contribution >= 0.6 is 0 Å². The Balaban J connectivity index is 2.04. The number of rotatable bonds is 3. The molecule has 1 aromatic heterocycles. The van der Waals surface area contributed by atoms with Crippen LogP contribution in [0.2, 0.25) is 0 Å². The highest BCUT2D eigenvalue weighted by Crippen LogP contribution is 2.16. The Bertz CT molecular complexity index is 747. The fraction of sp³-hybridized carbons (Fsp3) is 0. The van der Waals surface area contributed by atoms with Gasteiger partial charge in [-0.3, -0.25) is 4.79 Å². The number of nitrogens with zero attached hydrogens (tertiary/aromatic N) is 2. The predicted molar refractivity (Wildman–Crippen MR) is 77.9 cm³/mol. The minimum atomic E-state index is -0.0985. The summed E-state index contributed by atoms with van der Waals surface area (Å²) in [6.07, 6.45) is 1.62. The number of nitrogen functional groups attached to an aromatic ring is 1. The Morgan fingerprint density at radius 2 is 1.80 bits per heavy atom. The van der Waals surface area contributed by atoms with Crippen LogP contribution in [0.4, 0.5) is 5.69 Å². The minimum Gasteiger partial charge on any atom is -0.399 e. The monoisotopic (exact) mass is 263 g/mol. The van der Waals surface area contributed by atoms with Crippen LogP contribution in [0.1, 0.15) is 16.1 Å². The van der Waals surface area contributed by atoms with Gasteiger partial charge in [-0.2, -0.15) is 5.10 Å². The summed E-state index contributed by atoms with van der Waals surface area (Å²) in [6, 6.07) is 18.2. The summed E-state index contributed by atoms with van der Waals surface area (Å²) in [4.78, 5) is 12.5. The van der Waals surface area contributed by atoms with Crippen LogP contribution < -0.4 is 5.73 Å². The van der Waals surface area contributed by atoms with Crippen molar-refractivity contribution < 1.29 is 4.79 Å². The van der Waals surface area contributed by atoms with E-state index >= 15 is 0 Å². The third-order valence-electron chi connectivity index (χ3n) is 3.02. The molecule has 1 heterocycles. The Morgan fingerprint density at radius 3 is 2.55 bits per heavy atom. The van der Waals surface area contributed by atoms with Crippen molar-refractivity contribution in [2.75, 3.05) is 5.73 Å². The lowest BCUT2D eigenvalue weighted by Crippen LogP contribution is -2.10. The van der Waals surface area contributed by atoms with E-state index in [1.165, 1.54) is 0 Å². The maximum absolute atomic E-state index is 12.5. The largest absolute Gasteiger partial charge is 0.399 e. The lowest BCUT2D eigenvalue weighted by molar-refractivity contribution is 0.103. The van der Waals surface area contributed by atoms with Crippen LogP contribution in [0, 0.1) is 0 Å². The molecule has 0 saturated heterocycles. The zero-order chi connectivity index (χ0) is 13.9. The normalized spacial score (nSPS) is 10.4. The maximum atomic E-state index is 12.5. The highest BCUT2D eigenvalue weighted by molar-refractivity contribution is 6.08. The molecule has 0 unspecified atom stereocenters. The van der Waals surface area contributed by atoms with Gasteiger partial charge in [0, 0.05) is 11.3 Å². The van der Waals surface area contributed by atoms with Crippen LogP contribution in [0.3, 0.4) is 0 Å². The first-order valence-corrected chi connectivity index (χ1v) is 6.25. The van der Waals surface area contributed by atoms with Gasteiger partial charge in [-0.05, 0) is 30.3 Å². The zero-order valence-electron chi connectivity index (χ0n) is 10.7. The molecule has 0 aliphatic rings. The van der Waals surface area contributed by atoms with Crippen molar-refractivity contribution in [2.24, 2.45) is 0 Å². The van der Waals surface area contributed by atoms with E-state index in [4.69, 9.17) is 5.73 Å². The molecular weight excluding hydrogens is 250 g/mol. The van der Waals surface area contributed by atoms with Gasteiger partial charge in [0.25, 0.3) is 0 Å². The van der Waals surface area contributed by atoms with Gasteiger partial charge in [0.1, 0.15) is 5.69 Å². The lowest BCUT2D eigenvalue weighted by Gasteiger charge is -2.07. The van der Waals surface area contributed by atoms with Gasteiger partial charge in [0.05, 0.1) is 11.9 Å². The van der Waals surface area contributed by atoms with Crippen molar-refractivity contribution in [1.29, 1.82) is 0 Å². The van der Waals surface area contributed by atoms with Gasteiger partial charge in [0.15, 0.2) is 0 Å². The number of aromatic nitrogens is 2. The molecule has 4 nitrogen and oxygen atoms in total. The number of nitrogens with two attached hydrogens (primary N) is 1. The fourth-order valence-electron chi connectivity index (χ4n) is 2.08. The van der Waals surface area contributed by atoms with Crippen LogP contribution in [-0.4, -0.2) is 15.6 Å². The number of ketones is 1. The molecule has 2 N–H and O–H groups in total. The summed E-state index contributed by atoms with van der Waals surface area (Å²) in [5, 5.41) is 4.22. The molecule has 0 spiro atoms. The summed E-state index contributed by atoms with van der Waals surface area (Å²) in [5.41, 5.74) is 8.22. The lowest BCUT2D eigenvalue weighted by atomic mass is 10.1. The van der Waals surface area contributed by atoms with Crippen molar-refractivity contribution in [3.8, 4) is 5.69 Å². The van der Waals surface area contributed by atoms with E-state index < -0.39 is 0 Å². The number of benzene rings is 2. The standard InChI is InChI=1S/C16H13N3O/c17-13-6-4-5-12(11-13)16(20)15-9-10-18-19(15)14-7-2-1-3-8-14/h1-11H,17H2. The maximum Gasteiger partial charge on any atom is 0.211 e. The van der Waals surface area contributed by atoms with Gasteiger partial charge >= 0.3 is 0 Å². The number of para-hydroxylation sites is 1. The molecular formula is C16H13N3O. The molecule has 0 saturated carbocycles. The van der Waals surface area contributed by atoms with Crippen LogP contribution in [-0.2, 0) is 0 Å². The van der Waals surface area contributed by atoms with Crippen LogP contribution in [0.15, 0.2) is 66.9 Å². The van der Waals surface area contributed by atoms with E-state index in [0.717, 1.165) is 5.69 Å². The van der Waals surface area contributed by atoms with Crippen molar-refractivity contribution in [3.05, 3.63) is 78.1 Å². The molecule has 0 atom stereocenters. The van der Waals surface area contributed by atoms with E-state index in [0.29, 0.717) is 16.9 Å². The molecule has 0 aliphatic heterocycles. The summed E-state index contributed by atoms with van der Waals surface area (Å²) < 4.78 is 1.63. The number of hydrogen-bond acceptors (Lipinski definition) is 3. The average molecular weight is 263 g/mol. The summed E-state index contributed by atoms with van der Waals surface area (Å²) in [7, 11) is 0. The molecule has 20 heavy (non-hydrogen) atoms. The van der Waals surface area contributed by atoms with Crippen molar-refractivity contribution in [3.63, 3.8) is 0 Å². The Morgan fingerprint density at radius 1 is 1.00 bits per heavy atom. The van der Waals surface area contributed by atoms with Crippen molar-refractivity contribution in [2.45, 2.75) is 0 Å². The number of carbonyl (C=O) groups excluding carboxylic acids is 1. The van der Waals surface area contributed by atoms with Gasteiger partial charge in [-0.1, -0.05) is 30.3 Å². The number of anilines is 1. The molecule has 3 rings (SSSR count). The van der Waals surface area contributed by atoms with Crippen molar-refractivity contribution in [1.82, 2.24) is 9.78 Å². The first-order chi connectivity index (χ1) is 9.75. The molecule has 0 fully saturated rings. The number of hydrogen-bond donors (Lipinski definition) is 1. The molecule has 98 valence electrons. The molecule has 0 bridgehead atoms.